The number of anilines is 1. The summed E-state index contributed by atoms with van der Waals surface area (Å²) in [6, 6.07) is 17.0. The Morgan fingerprint density at radius 1 is 1.07 bits per heavy atom. The molecule has 0 aliphatic carbocycles. The van der Waals surface area contributed by atoms with Crippen molar-refractivity contribution in [2.75, 3.05) is 5.32 Å². The van der Waals surface area contributed by atoms with Gasteiger partial charge >= 0.3 is 0 Å². The van der Waals surface area contributed by atoms with Crippen molar-refractivity contribution in [2.24, 2.45) is 0 Å². The Morgan fingerprint density at radius 3 is 2.74 bits per heavy atom. The van der Waals surface area contributed by atoms with Gasteiger partial charge in [-0.3, -0.25) is 9.78 Å². The van der Waals surface area contributed by atoms with E-state index in [4.69, 9.17) is 4.74 Å². The van der Waals surface area contributed by atoms with Crippen LogP contribution in [0.4, 0.5) is 5.69 Å². The molecule has 1 N–H and O–H groups in total. The third-order valence-corrected chi connectivity index (χ3v) is 5.03. The van der Waals surface area contributed by atoms with Crippen molar-refractivity contribution in [3.05, 3.63) is 76.9 Å². The van der Waals surface area contributed by atoms with Crippen molar-refractivity contribution in [2.45, 2.75) is 13.8 Å². The monoisotopic (exact) mass is 375 g/mol. The van der Waals surface area contributed by atoms with Gasteiger partial charge in [-0.2, -0.15) is 4.37 Å². The minimum absolute atomic E-state index is 0.162. The maximum atomic E-state index is 12.6. The molecule has 4 rings (SSSR count). The summed E-state index contributed by atoms with van der Waals surface area (Å²) in [6.07, 6.45) is 1.72. The molecule has 0 aliphatic rings. The lowest BCUT2D eigenvalue weighted by atomic mass is 10.2. The van der Waals surface area contributed by atoms with Crippen LogP contribution < -0.4 is 10.1 Å². The first-order valence-electron chi connectivity index (χ1n) is 8.48. The highest BCUT2D eigenvalue weighted by Gasteiger charge is 2.16. The number of hydrogen-bond acceptors (Lipinski definition) is 5. The maximum Gasteiger partial charge on any atom is 0.258 e. The minimum atomic E-state index is -0.162. The SMILES string of the molecule is Cc1nsc(C)c1C(=O)Nc1cccc(Oc2ccnc3ccccc23)c1. The average Bonchev–Trinajstić information content (AvgIpc) is 3.01. The van der Waals surface area contributed by atoms with E-state index in [-0.39, 0.29) is 5.91 Å². The van der Waals surface area contributed by atoms with Gasteiger partial charge in [-0.25, -0.2) is 0 Å². The van der Waals surface area contributed by atoms with Crippen LogP contribution in [0.1, 0.15) is 20.9 Å². The summed E-state index contributed by atoms with van der Waals surface area (Å²) >= 11 is 1.33. The number of ether oxygens (including phenoxy) is 1. The highest BCUT2D eigenvalue weighted by atomic mass is 32.1. The first kappa shape index (κ1) is 17.2. The van der Waals surface area contributed by atoms with Gasteiger partial charge in [0, 0.05) is 28.2 Å². The molecule has 0 bridgehead atoms. The predicted molar refractivity (Wildman–Crippen MR) is 108 cm³/mol. The zero-order chi connectivity index (χ0) is 18.8. The van der Waals surface area contributed by atoms with Crippen molar-refractivity contribution < 1.29 is 9.53 Å². The Labute approximate surface area is 160 Å². The van der Waals surface area contributed by atoms with Crippen molar-refractivity contribution >= 4 is 34.0 Å². The number of hydrogen-bond donors (Lipinski definition) is 1. The fraction of sp³-hybridized carbons (Fsp3) is 0.0952. The molecule has 5 nitrogen and oxygen atoms in total. The van der Waals surface area contributed by atoms with Gasteiger partial charge in [0.2, 0.25) is 0 Å². The molecule has 2 heterocycles. The molecule has 1 amide bonds. The van der Waals surface area contributed by atoms with Crippen molar-refractivity contribution in [1.29, 1.82) is 0 Å². The van der Waals surface area contributed by atoms with Crippen LogP contribution in [0.25, 0.3) is 10.9 Å². The zero-order valence-corrected chi connectivity index (χ0v) is 15.7. The lowest BCUT2D eigenvalue weighted by Crippen LogP contribution is -2.13. The molecule has 134 valence electrons. The molecule has 27 heavy (non-hydrogen) atoms. The molecule has 0 radical (unpaired) electrons. The molecule has 0 atom stereocenters. The molecule has 6 heteroatoms. The highest BCUT2D eigenvalue weighted by molar-refractivity contribution is 7.06. The van der Waals surface area contributed by atoms with Gasteiger partial charge in [0.15, 0.2) is 0 Å². The van der Waals surface area contributed by atoms with Gasteiger partial charge in [0.25, 0.3) is 5.91 Å². The molecule has 0 fully saturated rings. The fourth-order valence-electron chi connectivity index (χ4n) is 2.92. The minimum Gasteiger partial charge on any atom is -0.457 e. The summed E-state index contributed by atoms with van der Waals surface area (Å²) in [5, 5.41) is 3.86. The average molecular weight is 375 g/mol. The third-order valence-electron chi connectivity index (χ3n) is 4.19. The highest BCUT2D eigenvalue weighted by Crippen LogP contribution is 2.30. The van der Waals surface area contributed by atoms with Crippen molar-refractivity contribution in [1.82, 2.24) is 9.36 Å². The van der Waals surface area contributed by atoms with E-state index in [1.54, 1.807) is 12.3 Å². The van der Waals surface area contributed by atoms with Gasteiger partial charge in [0.05, 0.1) is 16.8 Å². The molecular formula is C21H17N3O2S. The number of rotatable bonds is 4. The van der Waals surface area contributed by atoms with Crippen LogP contribution in [-0.2, 0) is 0 Å². The zero-order valence-electron chi connectivity index (χ0n) is 14.9. The number of carbonyl (C=O) groups excluding carboxylic acids is 1. The van der Waals surface area contributed by atoms with E-state index in [1.165, 1.54) is 11.5 Å². The summed E-state index contributed by atoms with van der Waals surface area (Å²) < 4.78 is 10.3. The lowest BCUT2D eigenvalue weighted by Gasteiger charge is -2.11. The normalized spacial score (nSPS) is 10.7. The number of carbonyl (C=O) groups is 1. The summed E-state index contributed by atoms with van der Waals surface area (Å²) in [6.45, 7) is 3.74. The number of aryl methyl sites for hydroxylation is 2. The predicted octanol–water partition coefficient (Wildman–Crippen LogP) is 5.35. The molecule has 2 aromatic carbocycles. The van der Waals surface area contributed by atoms with Crippen LogP contribution in [0.15, 0.2) is 60.8 Å². The summed E-state index contributed by atoms with van der Waals surface area (Å²) in [7, 11) is 0. The Kier molecular flexibility index (Phi) is 4.56. The number of benzene rings is 2. The Balaban J connectivity index is 1.58. The second-order valence-electron chi connectivity index (χ2n) is 6.11. The van der Waals surface area contributed by atoms with E-state index in [0.717, 1.165) is 27.2 Å². The van der Waals surface area contributed by atoms with Crippen molar-refractivity contribution in [3.63, 3.8) is 0 Å². The topological polar surface area (TPSA) is 64.1 Å². The lowest BCUT2D eigenvalue weighted by molar-refractivity contribution is 0.102. The van der Waals surface area contributed by atoms with E-state index in [1.807, 2.05) is 62.4 Å². The van der Waals surface area contributed by atoms with Crippen LogP contribution in [0.5, 0.6) is 11.5 Å². The Hall–Kier alpha value is -3.25. The van der Waals surface area contributed by atoms with Crippen LogP contribution >= 0.6 is 11.5 Å². The molecule has 2 aromatic heterocycles. The van der Waals surface area contributed by atoms with Gasteiger partial charge in [-0.1, -0.05) is 18.2 Å². The molecule has 0 saturated heterocycles. The van der Waals surface area contributed by atoms with Gasteiger partial charge < -0.3 is 10.1 Å². The van der Waals surface area contributed by atoms with E-state index in [9.17, 15) is 4.79 Å². The largest absolute Gasteiger partial charge is 0.457 e. The van der Waals surface area contributed by atoms with Crippen molar-refractivity contribution in [3.8, 4) is 11.5 Å². The summed E-state index contributed by atoms with van der Waals surface area (Å²) in [5.41, 5.74) is 2.91. The van der Waals surface area contributed by atoms with E-state index in [0.29, 0.717) is 17.0 Å². The van der Waals surface area contributed by atoms with E-state index in [2.05, 4.69) is 14.7 Å². The number of para-hydroxylation sites is 1. The number of amides is 1. The summed E-state index contributed by atoms with van der Waals surface area (Å²) in [4.78, 5) is 17.8. The number of nitrogens with zero attached hydrogens (tertiary/aromatic N) is 2. The molecule has 0 unspecified atom stereocenters. The van der Waals surface area contributed by atoms with Crippen LogP contribution in [0.2, 0.25) is 0 Å². The summed E-state index contributed by atoms with van der Waals surface area (Å²) in [5.74, 6) is 1.20. The van der Waals surface area contributed by atoms with Crippen LogP contribution in [0.3, 0.4) is 0 Å². The van der Waals surface area contributed by atoms with E-state index >= 15 is 0 Å². The molecule has 4 aromatic rings. The fourth-order valence-corrected chi connectivity index (χ4v) is 3.62. The maximum absolute atomic E-state index is 12.6. The molecule has 0 aliphatic heterocycles. The van der Waals surface area contributed by atoms with Gasteiger partial charge in [-0.15, -0.1) is 0 Å². The quantitative estimate of drug-likeness (QED) is 0.522. The number of aromatic nitrogens is 2. The molecule has 0 saturated carbocycles. The van der Waals surface area contributed by atoms with E-state index < -0.39 is 0 Å². The Morgan fingerprint density at radius 2 is 1.93 bits per heavy atom. The first-order valence-corrected chi connectivity index (χ1v) is 9.25. The van der Waals surface area contributed by atoms with Crippen LogP contribution in [0, 0.1) is 13.8 Å². The van der Waals surface area contributed by atoms with Crippen LogP contribution in [-0.4, -0.2) is 15.3 Å². The molecule has 0 spiro atoms. The Bertz CT molecular complexity index is 1110. The number of pyridine rings is 1. The standard InChI is InChI=1S/C21H17N3O2S/c1-13-20(14(2)27-24-13)21(25)23-15-6-5-7-16(12-15)26-19-10-11-22-18-9-4-3-8-17(18)19/h3-12H,1-2H3,(H,23,25). The molecular weight excluding hydrogens is 358 g/mol. The number of fused-ring (bicyclic) bond motifs is 1. The third kappa shape index (κ3) is 3.52. The second kappa shape index (κ2) is 7.17. The van der Waals surface area contributed by atoms with Gasteiger partial charge in [-0.05, 0) is 55.7 Å². The second-order valence-corrected chi connectivity index (χ2v) is 7.09. The van der Waals surface area contributed by atoms with Gasteiger partial charge in [0.1, 0.15) is 11.5 Å². The number of nitrogens with one attached hydrogen (secondary N) is 1. The smallest absolute Gasteiger partial charge is 0.258 e. The first-order chi connectivity index (χ1) is 13.1.